The van der Waals surface area contributed by atoms with Crippen molar-refractivity contribution in [3.05, 3.63) is 60.0 Å². The van der Waals surface area contributed by atoms with E-state index >= 15 is 0 Å². The van der Waals surface area contributed by atoms with Gasteiger partial charge >= 0.3 is 0 Å². The zero-order chi connectivity index (χ0) is 29.7. The number of hydrogen-bond donors (Lipinski definition) is 0. The van der Waals surface area contributed by atoms with Crippen LogP contribution in [0.1, 0.15) is 93.8 Å². The summed E-state index contributed by atoms with van der Waals surface area (Å²) in [4.78, 5) is 25.6. The Morgan fingerprint density at radius 2 is 2.00 bits per heavy atom. The van der Waals surface area contributed by atoms with Gasteiger partial charge in [0.2, 0.25) is 11.8 Å². The molecule has 6 saturated carbocycles. The van der Waals surface area contributed by atoms with Gasteiger partial charge in [0.25, 0.3) is 0 Å². The van der Waals surface area contributed by atoms with Crippen LogP contribution >= 0.6 is 0 Å². The van der Waals surface area contributed by atoms with Gasteiger partial charge in [0.15, 0.2) is 11.5 Å². The number of anilines is 1. The van der Waals surface area contributed by atoms with Gasteiger partial charge in [0, 0.05) is 35.2 Å². The molecule has 224 valence electrons. The van der Waals surface area contributed by atoms with Crippen LogP contribution in [0.25, 0.3) is 16.9 Å². The lowest BCUT2D eigenvalue weighted by Crippen LogP contribution is -2.70. The third-order valence-electron chi connectivity index (χ3n) is 11.4. The summed E-state index contributed by atoms with van der Waals surface area (Å²) in [5.74, 6) is 3.05. The summed E-state index contributed by atoms with van der Waals surface area (Å²) < 4.78 is 22.3. The fourth-order valence-corrected chi connectivity index (χ4v) is 8.92. The van der Waals surface area contributed by atoms with E-state index in [1.54, 1.807) is 16.8 Å². The van der Waals surface area contributed by atoms with Crippen LogP contribution in [0.4, 0.5) is 10.1 Å². The molecule has 0 spiro atoms. The molecule has 1 amide bonds. The average molecular weight is 592 g/mol. The topological polar surface area (TPSA) is 113 Å². The van der Waals surface area contributed by atoms with Crippen LogP contribution in [0.3, 0.4) is 0 Å². The Hall–Kier alpha value is -4.13. The fourth-order valence-electron chi connectivity index (χ4n) is 8.92. The maximum atomic E-state index is 14.7. The van der Waals surface area contributed by atoms with E-state index in [0.717, 1.165) is 80.0 Å². The molecule has 9 nitrogen and oxygen atoms in total. The Morgan fingerprint density at radius 3 is 2.80 bits per heavy atom. The molecule has 0 radical (unpaired) electrons. The second-order valence-electron chi connectivity index (χ2n) is 14.4. The number of imidazole rings is 1. The number of carbonyl (C=O) groups is 1. The molecule has 3 unspecified atom stereocenters. The molecule has 44 heavy (non-hydrogen) atoms. The van der Waals surface area contributed by atoms with Crippen LogP contribution in [-0.4, -0.2) is 42.9 Å². The van der Waals surface area contributed by atoms with Crippen LogP contribution in [0, 0.1) is 28.6 Å². The number of amides is 1. The lowest BCUT2D eigenvalue weighted by atomic mass is 9.42. The van der Waals surface area contributed by atoms with Crippen LogP contribution in [0.5, 0.6) is 0 Å². The molecule has 6 aliphatic rings. The standard InChI is InChI=1S/C34H34FN7O2/c35-34-18-33(19-34,20-34)31(43)41(26-5-1-3-23(12-26)27-16-37-28-11-21(14-36)15-38-42(27)28)17-25-8-10-32(9-2-4-24(25)13-32)30-39-29(40-44-30)22-6-7-22/h1,3,5,11-12,15-16,22,24-25H,2,4,6-10,13,17-20H2. The van der Waals surface area contributed by atoms with Crippen molar-refractivity contribution in [3.63, 3.8) is 0 Å². The van der Waals surface area contributed by atoms with E-state index in [9.17, 15) is 14.4 Å². The molecular formula is C34H34FN7O2. The lowest BCUT2D eigenvalue weighted by molar-refractivity contribution is -0.211. The van der Waals surface area contributed by atoms with Gasteiger partial charge in [0.1, 0.15) is 11.7 Å². The molecule has 1 aromatic carbocycles. The van der Waals surface area contributed by atoms with E-state index < -0.39 is 11.1 Å². The van der Waals surface area contributed by atoms with Crippen molar-refractivity contribution in [1.82, 2.24) is 24.7 Å². The molecule has 3 aromatic heterocycles. The SMILES string of the molecule is N#Cc1cnn2c(-c3cccc(N(CC4CCC5(c6nc(C7CC7)no6)CCCC4C5)C(=O)C45CC(F)(C4)C5)c3)cnc2c1. The number of aromatic nitrogens is 5. The summed E-state index contributed by atoms with van der Waals surface area (Å²) in [6, 6.07) is 11.8. The molecule has 0 N–H and O–H groups in total. The summed E-state index contributed by atoms with van der Waals surface area (Å²) in [6.07, 6.45) is 12.9. The first kappa shape index (κ1) is 26.3. The molecule has 6 aliphatic carbocycles. The summed E-state index contributed by atoms with van der Waals surface area (Å²) in [7, 11) is 0. The van der Waals surface area contributed by atoms with E-state index in [2.05, 4.69) is 21.3 Å². The Morgan fingerprint density at radius 1 is 1.14 bits per heavy atom. The van der Waals surface area contributed by atoms with Crippen LogP contribution < -0.4 is 4.90 Å². The predicted molar refractivity (Wildman–Crippen MR) is 158 cm³/mol. The predicted octanol–water partition coefficient (Wildman–Crippen LogP) is 6.29. The van der Waals surface area contributed by atoms with Gasteiger partial charge in [-0.3, -0.25) is 4.79 Å². The highest BCUT2D eigenvalue weighted by Crippen LogP contribution is 2.70. The van der Waals surface area contributed by atoms with Crippen LogP contribution in [0.2, 0.25) is 0 Å². The minimum atomic E-state index is -1.15. The van der Waals surface area contributed by atoms with Crippen molar-refractivity contribution in [1.29, 1.82) is 5.26 Å². The maximum Gasteiger partial charge on any atom is 0.233 e. The van der Waals surface area contributed by atoms with Crippen LogP contribution in [-0.2, 0) is 10.2 Å². The van der Waals surface area contributed by atoms with Crippen molar-refractivity contribution in [2.24, 2.45) is 17.3 Å². The summed E-state index contributed by atoms with van der Waals surface area (Å²) in [5, 5.41) is 18.0. The fraction of sp³-hybridized carbons (Fsp3) is 0.529. The van der Waals surface area contributed by atoms with E-state index in [-0.39, 0.29) is 11.3 Å². The van der Waals surface area contributed by atoms with Crippen molar-refractivity contribution < 1.29 is 13.7 Å². The van der Waals surface area contributed by atoms with Gasteiger partial charge in [0.05, 0.1) is 29.1 Å². The van der Waals surface area contributed by atoms with Gasteiger partial charge in [-0.1, -0.05) is 30.1 Å². The third-order valence-corrected chi connectivity index (χ3v) is 11.4. The second-order valence-corrected chi connectivity index (χ2v) is 14.4. The first-order chi connectivity index (χ1) is 21.4. The summed E-state index contributed by atoms with van der Waals surface area (Å²) in [6.45, 7) is 0.623. The highest BCUT2D eigenvalue weighted by atomic mass is 19.1. The van der Waals surface area contributed by atoms with Gasteiger partial charge in [-0.2, -0.15) is 15.3 Å². The normalized spacial score (nSPS) is 32.0. The molecule has 10 rings (SSSR count). The van der Waals surface area contributed by atoms with E-state index in [1.807, 2.05) is 29.2 Å². The smallest absolute Gasteiger partial charge is 0.233 e. The van der Waals surface area contributed by atoms with Crippen molar-refractivity contribution in [2.45, 2.75) is 87.6 Å². The van der Waals surface area contributed by atoms with E-state index in [0.29, 0.717) is 54.8 Å². The largest absolute Gasteiger partial charge is 0.339 e. The number of nitriles is 1. The monoisotopic (exact) mass is 591 g/mol. The van der Waals surface area contributed by atoms with E-state index in [4.69, 9.17) is 9.51 Å². The Labute approximate surface area is 254 Å². The molecule has 3 atom stereocenters. The molecule has 4 bridgehead atoms. The van der Waals surface area contributed by atoms with Gasteiger partial charge in [-0.25, -0.2) is 13.9 Å². The molecule has 3 heterocycles. The zero-order valence-corrected chi connectivity index (χ0v) is 24.6. The Balaban J connectivity index is 1.02. The van der Waals surface area contributed by atoms with Crippen molar-refractivity contribution in [3.8, 4) is 17.3 Å². The van der Waals surface area contributed by atoms with Crippen molar-refractivity contribution >= 4 is 17.2 Å². The number of fused-ring (bicyclic) bond motifs is 3. The molecule has 6 fully saturated rings. The first-order valence-corrected chi connectivity index (χ1v) is 16.1. The third kappa shape index (κ3) is 3.97. The van der Waals surface area contributed by atoms with Crippen LogP contribution in [0.15, 0.2) is 47.2 Å². The first-order valence-electron chi connectivity index (χ1n) is 16.1. The zero-order valence-electron chi connectivity index (χ0n) is 24.6. The number of nitrogens with zero attached hydrogens (tertiary/aromatic N) is 7. The molecule has 0 aliphatic heterocycles. The summed E-state index contributed by atoms with van der Waals surface area (Å²) >= 11 is 0. The van der Waals surface area contributed by atoms with Gasteiger partial charge in [-0.15, -0.1) is 0 Å². The number of rotatable bonds is 7. The van der Waals surface area contributed by atoms with Gasteiger partial charge in [-0.05, 0) is 81.8 Å². The minimum Gasteiger partial charge on any atom is -0.339 e. The highest BCUT2D eigenvalue weighted by molar-refractivity contribution is 6.00. The quantitative estimate of drug-likeness (QED) is 0.248. The minimum absolute atomic E-state index is 0.0513. The molecule has 0 saturated heterocycles. The Bertz CT molecular complexity index is 1830. The molecule has 10 heteroatoms. The highest BCUT2D eigenvalue weighted by Gasteiger charge is 2.73. The number of hydrogen-bond acceptors (Lipinski definition) is 7. The number of carbonyl (C=O) groups excluding carboxylic acids is 1. The Kier molecular flexibility index (Phi) is 5.49. The number of benzene rings is 1. The summed E-state index contributed by atoms with van der Waals surface area (Å²) in [5.41, 5.74) is 1.76. The van der Waals surface area contributed by atoms with Crippen molar-refractivity contribution in [2.75, 3.05) is 11.4 Å². The molecule has 4 aromatic rings. The molecular weight excluding hydrogens is 557 g/mol. The lowest BCUT2D eigenvalue weighted by Gasteiger charge is -2.65. The average Bonchev–Trinajstić information content (AvgIpc) is 3.58. The maximum absolute atomic E-state index is 14.7. The van der Waals surface area contributed by atoms with Gasteiger partial charge < -0.3 is 9.42 Å². The second kappa shape index (κ2) is 9.19. The number of halogens is 1. The number of alkyl halides is 1. The van der Waals surface area contributed by atoms with E-state index in [1.165, 1.54) is 6.20 Å².